The third-order valence-electron chi connectivity index (χ3n) is 6.64. The van der Waals surface area contributed by atoms with Crippen LogP contribution in [0.15, 0.2) is 104 Å². The topological polar surface area (TPSA) is 51.2 Å². The summed E-state index contributed by atoms with van der Waals surface area (Å²) in [5.41, 5.74) is 3.28. The second-order valence-corrected chi connectivity index (χ2v) is 9.26. The van der Waals surface area contributed by atoms with Gasteiger partial charge in [-0.1, -0.05) is 97.1 Å². The van der Waals surface area contributed by atoms with Crippen LogP contribution in [0.25, 0.3) is 0 Å². The average Bonchev–Trinajstić information content (AvgIpc) is 3.18. The van der Waals surface area contributed by atoms with Gasteiger partial charge in [0.2, 0.25) is 0 Å². The third kappa shape index (κ3) is 7.36. The standard InChI is InChI=1S/C31H37NO4/c1-2-3-7-20-28-30(35-22-26-16-10-5-11-17-26)31(36-23-27-18-12-6-13-19-27)29(32(28)33)24-34-21-25-14-8-4-9-15-25/h2,4-6,8-19,28-31,33H,1,3,7,20-24H2/t28-,29-,30+,31+/m0/s1. The lowest BCUT2D eigenvalue weighted by molar-refractivity contribution is -0.166. The van der Waals surface area contributed by atoms with Gasteiger partial charge in [0.25, 0.3) is 0 Å². The first-order valence-electron chi connectivity index (χ1n) is 12.8. The van der Waals surface area contributed by atoms with Crippen molar-refractivity contribution in [2.75, 3.05) is 6.61 Å². The molecule has 0 unspecified atom stereocenters. The molecule has 0 aromatic heterocycles. The molecule has 5 heteroatoms. The molecule has 190 valence electrons. The normalized spacial score (nSPS) is 22.0. The quantitative estimate of drug-likeness (QED) is 0.218. The lowest BCUT2D eigenvalue weighted by Crippen LogP contribution is -2.40. The van der Waals surface area contributed by atoms with Crippen LogP contribution in [0.4, 0.5) is 0 Å². The molecule has 3 aromatic carbocycles. The zero-order valence-electron chi connectivity index (χ0n) is 20.8. The molecule has 1 heterocycles. The Labute approximate surface area is 214 Å². The maximum atomic E-state index is 11.3. The van der Waals surface area contributed by atoms with Crippen molar-refractivity contribution in [3.63, 3.8) is 0 Å². The second-order valence-electron chi connectivity index (χ2n) is 9.26. The Morgan fingerprint density at radius 1 is 0.694 bits per heavy atom. The van der Waals surface area contributed by atoms with Crippen LogP contribution in [0.1, 0.15) is 36.0 Å². The minimum absolute atomic E-state index is 0.195. The van der Waals surface area contributed by atoms with Crippen LogP contribution in [0.2, 0.25) is 0 Å². The van der Waals surface area contributed by atoms with Crippen molar-refractivity contribution in [1.82, 2.24) is 5.06 Å². The Morgan fingerprint density at radius 3 is 1.67 bits per heavy atom. The van der Waals surface area contributed by atoms with Crippen LogP contribution in [0.3, 0.4) is 0 Å². The first kappa shape index (κ1) is 26.3. The van der Waals surface area contributed by atoms with Gasteiger partial charge in [-0.3, -0.25) is 0 Å². The Kier molecular flexibility index (Phi) is 10.3. The summed E-state index contributed by atoms with van der Waals surface area (Å²) in [6.07, 6.45) is 3.86. The Balaban J connectivity index is 1.51. The van der Waals surface area contributed by atoms with Crippen molar-refractivity contribution in [3.8, 4) is 0 Å². The molecular weight excluding hydrogens is 450 g/mol. The molecule has 1 aliphatic rings. The molecule has 1 aliphatic heterocycles. The molecule has 3 aromatic rings. The Bertz CT molecular complexity index is 1010. The number of ether oxygens (including phenoxy) is 3. The van der Waals surface area contributed by atoms with E-state index in [9.17, 15) is 5.21 Å². The summed E-state index contributed by atoms with van der Waals surface area (Å²) in [7, 11) is 0. The Hall–Kier alpha value is -2.80. The first-order chi connectivity index (χ1) is 17.8. The largest absolute Gasteiger partial charge is 0.375 e. The summed E-state index contributed by atoms with van der Waals surface area (Å²) < 4.78 is 19.1. The number of hydrogen-bond acceptors (Lipinski definition) is 5. The number of rotatable bonds is 14. The molecule has 0 saturated carbocycles. The number of allylic oxidation sites excluding steroid dienone is 1. The number of nitrogens with zero attached hydrogens (tertiary/aromatic N) is 1. The van der Waals surface area contributed by atoms with Crippen molar-refractivity contribution < 1.29 is 19.4 Å². The molecule has 0 spiro atoms. The van der Waals surface area contributed by atoms with E-state index in [1.54, 1.807) is 0 Å². The first-order valence-corrected chi connectivity index (χ1v) is 12.8. The van der Waals surface area contributed by atoms with E-state index in [0.29, 0.717) is 26.4 Å². The highest BCUT2D eigenvalue weighted by atomic mass is 16.6. The van der Waals surface area contributed by atoms with Crippen molar-refractivity contribution in [3.05, 3.63) is 120 Å². The van der Waals surface area contributed by atoms with E-state index >= 15 is 0 Å². The van der Waals surface area contributed by atoms with Gasteiger partial charge in [0, 0.05) is 0 Å². The number of unbranched alkanes of at least 4 members (excludes halogenated alkanes) is 1. The van der Waals surface area contributed by atoms with Crippen LogP contribution in [0, 0.1) is 0 Å². The third-order valence-corrected chi connectivity index (χ3v) is 6.64. The van der Waals surface area contributed by atoms with E-state index in [2.05, 4.69) is 18.7 Å². The predicted molar refractivity (Wildman–Crippen MR) is 141 cm³/mol. The van der Waals surface area contributed by atoms with Gasteiger partial charge < -0.3 is 19.4 Å². The van der Waals surface area contributed by atoms with Crippen LogP contribution in [-0.2, 0) is 34.0 Å². The van der Waals surface area contributed by atoms with Gasteiger partial charge in [-0.2, -0.15) is 5.06 Å². The highest BCUT2D eigenvalue weighted by Crippen LogP contribution is 2.33. The van der Waals surface area contributed by atoms with E-state index in [1.807, 2.05) is 84.9 Å². The lowest BCUT2D eigenvalue weighted by atomic mass is 10.0. The van der Waals surface area contributed by atoms with E-state index < -0.39 is 0 Å². The van der Waals surface area contributed by atoms with Crippen LogP contribution < -0.4 is 0 Å². The fourth-order valence-electron chi connectivity index (χ4n) is 4.74. The molecule has 1 saturated heterocycles. The van der Waals surface area contributed by atoms with Gasteiger partial charge in [0.15, 0.2) is 0 Å². The van der Waals surface area contributed by atoms with Gasteiger partial charge >= 0.3 is 0 Å². The molecular formula is C31H37NO4. The van der Waals surface area contributed by atoms with Crippen molar-refractivity contribution in [1.29, 1.82) is 0 Å². The van der Waals surface area contributed by atoms with Crippen LogP contribution in [0.5, 0.6) is 0 Å². The summed E-state index contributed by atoms with van der Waals surface area (Å²) in [6, 6.07) is 29.8. The van der Waals surface area contributed by atoms with Gasteiger partial charge in [0.05, 0.1) is 38.5 Å². The van der Waals surface area contributed by atoms with Crippen molar-refractivity contribution in [2.45, 2.75) is 63.4 Å². The van der Waals surface area contributed by atoms with Gasteiger partial charge in [-0.05, 0) is 36.0 Å². The molecule has 0 aliphatic carbocycles. The number of hydrogen-bond donors (Lipinski definition) is 1. The van der Waals surface area contributed by atoms with E-state index in [4.69, 9.17) is 14.2 Å². The summed E-state index contributed by atoms with van der Waals surface area (Å²) in [5.74, 6) is 0. The molecule has 5 nitrogen and oxygen atoms in total. The maximum absolute atomic E-state index is 11.3. The summed E-state index contributed by atoms with van der Waals surface area (Å²) in [5, 5.41) is 12.8. The molecule has 4 rings (SSSR count). The molecule has 36 heavy (non-hydrogen) atoms. The molecule has 0 amide bonds. The van der Waals surface area contributed by atoms with Crippen molar-refractivity contribution >= 4 is 0 Å². The second kappa shape index (κ2) is 14.1. The SMILES string of the molecule is C=CCCC[C@H]1[C@@H](OCc2ccccc2)[C@H](OCc2ccccc2)[C@H](COCc2ccccc2)N1O. The fourth-order valence-corrected chi connectivity index (χ4v) is 4.74. The van der Waals surface area contributed by atoms with Crippen molar-refractivity contribution in [2.24, 2.45) is 0 Å². The minimum Gasteiger partial charge on any atom is -0.375 e. The molecule has 1 fully saturated rings. The smallest absolute Gasteiger partial charge is 0.106 e. The molecule has 0 radical (unpaired) electrons. The summed E-state index contributed by atoms with van der Waals surface area (Å²) in [4.78, 5) is 0. The predicted octanol–water partition coefficient (Wildman–Crippen LogP) is 6.17. The summed E-state index contributed by atoms with van der Waals surface area (Å²) in [6.45, 7) is 5.57. The number of hydroxylamine groups is 2. The monoisotopic (exact) mass is 487 g/mol. The molecule has 0 bridgehead atoms. The zero-order valence-corrected chi connectivity index (χ0v) is 20.8. The lowest BCUT2D eigenvalue weighted by Gasteiger charge is -2.26. The summed E-state index contributed by atoms with van der Waals surface area (Å²) >= 11 is 0. The molecule has 4 atom stereocenters. The fraction of sp³-hybridized carbons (Fsp3) is 0.355. The highest BCUT2D eigenvalue weighted by molar-refractivity contribution is 5.16. The maximum Gasteiger partial charge on any atom is 0.106 e. The highest BCUT2D eigenvalue weighted by Gasteiger charge is 2.50. The zero-order chi connectivity index (χ0) is 25.0. The Morgan fingerprint density at radius 2 is 1.17 bits per heavy atom. The van der Waals surface area contributed by atoms with E-state index in [-0.39, 0.29) is 24.3 Å². The van der Waals surface area contributed by atoms with Gasteiger partial charge in [-0.15, -0.1) is 6.58 Å². The van der Waals surface area contributed by atoms with E-state index in [0.717, 1.165) is 36.0 Å². The average molecular weight is 488 g/mol. The number of benzene rings is 3. The molecule has 1 N–H and O–H groups in total. The van der Waals surface area contributed by atoms with Gasteiger partial charge in [-0.25, -0.2) is 0 Å². The van der Waals surface area contributed by atoms with Gasteiger partial charge in [0.1, 0.15) is 12.2 Å². The van der Waals surface area contributed by atoms with Crippen LogP contribution >= 0.6 is 0 Å². The minimum atomic E-state index is -0.344. The van der Waals surface area contributed by atoms with Crippen LogP contribution in [-0.4, -0.2) is 41.2 Å². The van der Waals surface area contributed by atoms with E-state index in [1.165, 1.54) is 5.06 Å².